The fourth-order valence-electron chi connectivity index (χ4n) is 3.56. The van der Waals surface area contributed by atoms with Crippen LogP contribution in [0, 0.1) is 11.6 Å². The number of amides is 1. The van der Waals surface area contributed by atoms with E-state index in [1.54, 1.807) is 24.1 Å². The zero-order valence-corrected chi connectivity index (χ0v) is 15.9. The lowest BCUT2D eigenvalue weighted by atomic mass is 9.97. The zero-order valence-electron chi connectivity index (χ0n) is 15.9. The number of rotatable bonds is 4. The number of anilines is 1. The van der Waals surface area contributed by atoms with Crippen molar-refractivity contribution in [3.8, 4) is 11.4 Å². The highest BCUT2D eigenvalue weighted by atomic mass is 19.1. The Balaban J connectivity index is 1.52. The van der Waals surface area contributed by atoms with Crippen molar-refractivity contribution >= 4 is 11.6 Å². The van der Waals surface area contributed by atoms with Crippen LogP contribution in [0.4, 0.5) is 14.5 Å². The number of nitrogens with one attached hydrogen (secondary N) is 1. The number of hydrogen-bond donors (Lipinski definition) is 1. The van der Waals surface area contributed by atoms with Crippen molar-refractivity contribution in [2.24, 2.45) is 0 Å². The van der Waals surface area contributed by atoms with Gasteiger partial charge >= 0.3 is 0 Å². The fraction of sp³-hybridized carbons (Fsp3) is 0.286. The van der Waals surface area contributed by atoms with E-state index in [1.165, 1.54) is 30.3 Å². The van der Waals surface area contributed by atoms with Gasteiger partial charge in [0.1, 0.15) is 11.6 Å². The van der Waals surface area contributed by atoms with Gasteiger partial charge < -0.3 is 14.7 Å². The number of benzene rings is 2. The van der Waals surface area contributed by atoms with Gasteiger partial charge in [-0.05, 0) is 55.3 Å². The van der Waals surface area contributed by atoms with Gasteiger partial charge in [0, 0.05) is 31.4 Å². The first-order valence-corrected chi connectivity index (χ1v) is 9.41. The molecule has 1 amide bonds. The van der Waals surface area contributed by atoms with E-state index < -0.39 is 5.82 Å². The Hall–Kier alpha value is -3.29. The molecule has 2 aromatic carbocycles. The third kappa shape index (κ3) is 3.96. The van der Waals surface area contributed by atoms with Crippen molar-refractivity contribution in [2.45, 2.75) is 18.8 Å². The molecule has 150 valence electrons. The normalized spacial score (nSPS) is 16.7. The molecule has 0 saturated carbocycles. The molecule has 0 aliphatic carbocycles. The fourth-order valence-corrected chi connectivity index (χ4v) is 3.56. The van der Waals surface area contributed by atoms with E-state index in [4.69, 9.17) is 4.52 Å². The summed E-state index contributed by atoms with van der Waals surface area (Å²) in [4.78, 5) is 19.2. The van der Waals surface area contributed by atoms with Gasteiger partial charge in [-0.2, -0.15) is 4.98 Å². The smallest absolute Gasteiger partial charge is 0.255 e. The van der Waals surface area contributed by atoms with Crippen molar-refractivity contribution in [3.63, 3.8) is 0 Å². The highest BCUT2D eigenvalue weighted by molar-refractivity contribution is 5.99. The summed E-state index contributed by atoms with van der Waals surface area (Å²) in [7, 11) is 1.65. The number of likely N-dealkylation sites (tertiary alicyclic amines) is 1. The molecule has 0 bridgehead atoms. The quantitative estimate of drug-likeness (QED) is 0.717. The molecule has 0 radical (unpaired) electrons. The minimum atomic E-state index is -0.401. The van der Waals surface area contributed by atoms with Crippen molar-refractivity contribution < 1.29 is 18.1 Å². The van der Waals surface area contributed by atoms with Gasteiger partial charge in [-0.15, -0.1) is 0 Å². The Labute approximate surface area is 166 Å². The molecule has 3 aromatic rings. The van der Waals surface area contributed by atoms with E-state index in [1.807, 2.05) is 0 Å². The molecule has 1 saturated heterocycles. The molecule has 29 heavy (non-hydrogen) atoms. The molecule has 0 spiro atoms. The minimum absolute atomic E-state index is 0.0899. The third-order valence-electron chi connectivity index (χ3n) is 5.08. The number of nitrogens with zero attached hydrogens (tertiary/aromatic N) is 3. The summed E-state index contributed by atoms with van der Waals surface area (Å²) in [6.07, 6.45) is 1.61. The highest BCUT2D eigenvalue weighted by Gasteiger charge is 2.30. The summed E-state index contributed by atoms with van der Waals surface area (Å²) in [5, 5.41) is 6.86. The lowest BCUT2D eigenvalue weighted by molar-refractivity contribution is 0.0696. The molecule has 4 rings (SSSR count). The Morgan fingerprint density at radius 3 is 2.69 bits per heavy atom. The lowest BCUT2D eigenvalue weighted by Crippen LogP contribution is -2.39. The van der Waals surface area contributed by atoms with E-state index >= 15 is 0 Å². The number of piperidine rings is 1. The summed E-state index contributed by atoms with van der Waals surface area (Å²) >= 11 is 0. The maximum atomic E-state index is 13.5. The van der Waals surface area contributed by atoms with Crippen LogP contribution >= 0.6 is 0 Å². The van der Waals surface area contributed by atoms with Crippen molar-refractivity contribution in [1.82, 2.24) is 15.0 Å². The molecule has 2 heterocycles. The average molecular weight is 398 g/mol. The van der Waals surface area contributed by atoms with Crippen LogP contribution in [-0.4, -0.2) is 41.1 Å². The number of hydrogen-bond acceptors (Lipinski definition) is 5. The first-order valence-electron chi connectivity index (χ1n) is 9.41. The Morgan fingerprint density at radius 1 is 1.17 bits per heavy atom. The molecule has 1 aliphatic rings. The van der Waals surface area contributed by atoms with E-state index in [0.717, 1.165) is 12.8 Å². The molecule has 1 atom stereocenters. The maximum Gasteiger partial charge on any atom is 0.255 e. The first-order chi connectivity index (χ1) is 14.0. The molecule has 0 unspecified atom stereocenters. The van der Waals surface area contributed by atoms with Crippen molar-refractivity contribution in [2.75, 3.05) is 25.5 Å². The van der Waals surface area contributed by atoms with Crippen LogP contribution in [-0.2, 0) is 0 Å². The van der Waals surface area contributed by atoms with Crippen LogP contribution in [0.1, 0.15) is 35.0 Å². The topological polar surface area (TPSA) is 71.3 Å². The summed E-state index contributed by atoms with van der Waals surface area (Å²) in [5.74, 6) is -0.151. The summed E-state index contributed by atoms with van der Waals surface area (Å²) in [6, 6.07) is 9.95. The van der Waals surface area contributed by atoms with Crippen LogP contribution in [0.2, 0.25) is 0 Å². The van der Waals surface area contributed by atoms with Gasteiger partial charge in [-0.3, -0.25) is 4.79 Å². The third-order valence-corrected chi connectivity index (χ3v) is 5.08. The zero-order chi connectivity index (χ0) is 20.4. The van der Waals surface area contributed by atoms with E-state index in [0.29, 0.717) is 41.6 Å². The molecular weight excluding hydrogens is 378 g/mol. The van der Waals surface area contributed by atoms with Crippen LogP contribution in [0.25, 0.3) is 11.4 Å². The number of aromatic nitrogens is 2. The second-order valence-electron chi connectivity index (χ2n) is 6.99. The van der Waals surface area contributed by atoms with E-state index in [2.05, 4.69) is 15.5 Å². The monoisotopic (exact) mass is 398 g/mol. The van der Waals surface area contributed by atoms with Crippen LogP contribution < -0.4 is 5.32 Å². The Bertz CT molecular complexity index is 1020. The van der Waals surface area contributed by atoms with Gasteiger partial charge in [0.25, 0.3) is 5.91 Å². The standard InChI is InChI=1S/C21H20F2N4O2/c1-24-18-11-16(23)8-9-17(18)21(28)27-10-2-3-14(12-27)20-25-19(26-29-20)13-4-6-15(22)7-5-13/h4-9,11,14,24H,2-3,10,12H2,1H3/t14-/m0/s1. The van der Waals surface area contributed by atoms with Crippen LogP contribution in [0.3, 0.4) is 0 Å². The predicted molar refractivity (Wildman–Crippen MR) is 104 cm³/mol. The van der Waals surface area contributed by atoms with Gasteiger partial charge in [0.05, 0.1) is 11.5 Å². The molecule has 8 heteroatoms. The minimum Gasteiger partial charge on any atom is -0.387 e. The molecule has 1 aliphatic heterocycles. The molecular formula is C21H20F2N4O2. The highest BCUT2D eigenvalue weighted by Crippen LogP contribution is 2.29. The summed E-state index contributed by atoms with van der Waals surface area (Å²) in [6.45, 7) is 1.04. The Kier molecular flexibility index (Phi) is 5.24. The second kappa shape index (κ2) is 7.98. The van der Waals surface area contributed by atoms with Crippen molar-refractivity contribution in [1.29, 1.82) is 0 Å². The Morgan fingerprint density at radius 2 is 1.93 bits per heavy atom. The molecule has 1 aromatic heterocycles. The number of carbonyl (C=O) groups is 1. The average Bonchev–Trinajstić information content (AvgIpc) is 3.24. The van der Waals surface area contributed by atoms with E-state index in [9.17, 15) is 13.6 Å². The van der Waals surface area contributed by atoms with Gasteiger partial charge in [0.2, 0.25) is 11.7 Å². The molecule has 1 N–H and O–H groups in total. The summed E-state index contributed by atoms with van der Waals surface area (Å²) < 4.78 is 32.0. The van der Waals surface area contributed by atoms with E-state index in [-0.39, 0.29) is 17.6 Å². The predicted octanol–water partition coefficient (Wildman–Crippen LogP) is 4.08. The second-order valence-corrected chi connectivity index (χ2v) is 6.99. The largest absolute Gasteiger partial charge is 0.387 e. The number of halogens is 2. The van der Waals surface area contributed by atoms with Crippen LogP contribution in [0.15, 0.2) is 47.0 Å². The van der Waals surface area contributed by atoms with Gasteiger partial charge in [-0.25, -0.2) is 8.78 Å². The SMILES string of the molecule is CNc1cc(F)ccc1C(=O)N1CCC[C@H](c2nc(-c3ccc(F)cc3)no2)C1. The van der Waals surface area contributed by atoms with Gasteiger partial charge in [-0.1, -0.05) is 5.16 Å². The molecule has 6 nitrogen and oxygen atoms in total. The van der Waals surface area contributed by atoms with Crippen molar-refractivity contribution in [3.05, 3.63) is 65.6 Å². The molecule has 1 fully saturated rings. The summed E-state index contributed by atoms with van der Waals surface area (Å²) in [5.41, 5.74) is 1.54. The maximum absolute atomic E-state index is 13.5. The van der Waals surface area contributed by atoms with Crippen LogP contribution in [0.5, 0.6) is 0 Å². The first kappa shape index (κ1) is 19.0. The number of carbonyl (C=O) groups excluding carboxylic acids is 1. The lowest BCUT2D eigenvalue weighted by Gasteiger charge is -2.31. The van der Waals surface area contributed by atoms with Gasteiger partial charge in [0.15, 0.2) is 0 Å².